The van der Waals surface area contributed by atoms with Crippen molar-refractivity contribution in [3.05, 3.63) is 40.8 Å². The number of thiophene rings is 1. The summed E-state index contributed by atoms with van der Waals surface area (Å²) in [6.07, 6.45) is 1.68. The summed E-state index contributed by atoms with van der Waals surface area (Å²) in [4.78, 5) is 11.8. The lowest BCUT2D eigenvalue weighted by Crippen LogP contribution is -1.82. The Kier molecular flexibility index (Phi) is 3.06. The lowest BCUT2D eigenvalue weighted by Gasteiger charge is -2.00. The van der Waals surface area contributed by atoms with Gasteiger partial charge in [-0.3, -0.25) is 4.79 Å². The number of carbonyl (C=O) groups is 1. The molecule has 1 N–H and O–H groups in total. The molecule has 0 fully saturated rings. The van der Waals surface area contributed by atoms with Crippen LogP contribution in [-0.2, 0) is 6.42 Å². The summed E-state index contributed by atoms with van der Waals surface area (Å²) in [5.41, 5.74) is 2.61. The molecule has 82 valence electrons. The molecule has 0 saturated carbocycles. The monoisotopic (exact) mass is 232 g/mol. The predicted octanol–water partition coefficient (Wildman–Crippen LogP) is 3.50. The number of rotatable bonds is 3. The van der Waals surface area contributed by atoms with E-state index in [0.717, 1.165) is 16.9 Å². The number of aromatic hydroxyl groups is 1. The molecule has 0 bridgehead atoms. The van der Waals surface area contributed by atoms with Gasteiger partial charge in [0.1, 0.15) is 5.75 Å². The second kappa shape index (κ2) is 4.49. The van der Waals surface area contributed by atoms with Gasteiger partial charge in [0.2, 0.25) is 0 Å². The van der Waals surface area contributed by atoms with Crippen molar-refractivity contribution in [1.82, 2.24) is 0 Å². The summed E-state index contributed by atoms with van der Waals surface area (Å²) in [7, 11) is 0. The Bertz CT molecular complexity index is 514. The first-order valence-electron chi connectivity index (χ1n) is 5.10. The van der Waals surface area contributed by atoms with E-state index in [9.17, 15) is 9.90 Å². The highest BCUT2D eigenvalue weighted by molar-refractivity contribution is 7.13. The molecule has 1 aromatic carbocycles. The van der Waals surface area contributed by atoms with Crippen LogP contribution in [0.3, 0.4) is 0 Å². The summed E-state index contributed by atoms with van der Waals surface area (Å²) in [6, 6.07) is 7.22. The maximum atomic E-state index is 10.7. The molecule has 0 unspecified atom stereocenters. The summed E-state index contributed by atoms with van der Waals surface area (Å²) >= 11 is 1.65. The van der Waals surface area contributed by atoms with Gasteiger partial charge in [-0.2, -0.15) is 0 Å². The van der Waals surface area contributed by atoms with Gasteiger partial charge < -0.3 is 5.11 Å². The zero-order valence-corrected chi connectivity index (χ0v) is 9.75. The smallest absolute Gasteiger partial charge is 0.153 e. The molecule has 1 heterocycles. The van der Waals surface area contributed by atoms with Gasteiger partial charge in [0.05, 0.1) is 5.56 Å². The minimum absolute atomic E-state index is 0.0334. The number of hydrogen-bond acceptors (Lipinski definition) is 3. The van der Waals surface area contributed by atoms with E-state index in [1.165, 1.54) is 5.56 Å². The Balaban J connectivity index is 2.43. The molecule has 2 nitrogen and oxygen atoms in total. The molecule has 0 radical (unpaired) electrons. The van der Waals surface area contributed by atoms with Crippen LogP contribution in [0.5, 0.6) is 5.75 Å². The third kappa shape index (κ3) is 1.99. The number of aryl methyl sites for hydroxylation is 1. The second-order valence-electron chi connectivity index (χ2n) is 3.56. The van der Waals surface area contributed by atoms with E-state index in [1.54, 1.807) is 23.5 Å². The van der Waals surface area contributed by atoms with Crippen LogP contribution in [0, 0.1) is 0 Å². The number of hydrogen-bond donors (Lipinski definition) is 1. The Hall–Kier alpha value is -1.61. The Morgan fingerprint density at radius 1 is 1.38 bits per heavy atom. The number of phenols is 1. The molecule has 0 spiro atoms. The van der Waals surface area contributed by atoms with E-state index in [0.29, 0.717) is 11.8 Å². The van der Waals surface area contributed by atoms with Crippen molar-refractivity contribution in [2.45, 2.75) is 13.3 Å². The molecule has 0 saturated heterocycles. The van der Waals surface area contributed by atoms with E-state index < -0.39 is 0 Å². The maximum Gasteiger partial charge on any atom is 0.153 e. The van der Waals surface area contributed by atoms with E-state index in [2.05, 4.69) is 18.4 Å². The number of benzene rings is 1. The molecule has 0 aliphatic carbocycles. The summed E-state index contributed by atoms with van der Waals surface area (Å²) in [5, 5.41) is 11.5. The fourth-order valence-electron chi connectivity index (χ4n) is 1.51. The molecular weight excluding hydrogens is 220 g/mol. The third-order valence-electron chi connectivity index (χ3n) is 2.50. The van der Waals surface area contributed by atoms with Crippen LogP contribution in [0.15, 0.2) is 29.6 Å². The zero-order chi connectivity index (χ0) is 11.5. The van der Waals surface area contributed by atoms with Crippen molar-refractivity contribution in [3.63, 3.8) is 0 Å². The highest BCUT2D eigenvalue weighted by atomic mass is 32.1. The highest BCUT2D eigenvalue weighted by Crippen LogP contribution is 2.30. The van der Waals surface area contributed by atoms with E-state index in [4.69, 9.17) is 0 Å². The topological polar surface area (TPSA) is 37.3 Å². The number of aldehydes is 1. The second-order valence-corrected chi connectivity index (χ2v) is 4.48. The average molecular weight is 232 g/mol. The lowest BCUT2D eigenvalue weighted by atomic mass is 10.1. The van der Waals surface area contributed by atoms with Gasteiger partial charge in [-0.05, 0) is 47.2 Å². The van der Waals surface area contributed by atoms with Crippen LogP contribution in [0.1, 0.15) is 22.8 Å². The number of phenolic OH excluding ortho intramolecular Hbond substituents is 1. The summed E-state index contributed by atoms with van der Waals surface area (Å²) < 4.78 is 0. The molecule has 0 aliphatic heterocycles. The minimum Gasteiger partial charge on any atom is -0.507 e. The first kappa shape index (κ1) is 10.9. The minimum atomic E-state index is 0.0334. The highest BCUT2D eigenvalue weighted by Gasteiger charge is 2.05. The van der Waals surface area contributed by atoms with Gasteiger partial charge in [-0.25, -0.2) is 0 Å². The SMILES string of the molecule is CCc1csc(-c2ccc(O)c(C=O)c2)c1. The van der Waals surface area contributed by atoms with Gasteiger partial charge in [0, 0.05) is 4.88 Å². The fourth-order valence-corrected chi connectivity index (χ4v) is 2.51. The Morgan fingerprint density at radius 3 is 2.81 bits per heavy atom. The molecule has 0 atom stereocenters. The van der Waals surface area contributed by atoms with Crippen LogP contribution >= 0.6 is 11.3 Å². The van der Waals surface area contributed by atoms with Crippen LogP contribution < -0.4 is 0 Å². The molecule has 0 aliphatic rings. The predicted molar refractivity (Wildman–Crippen MR) is 66.2 cm³/mol. The normalized spacial score (nSPS) is 10.3. The van der Waals surface area contributed by atoms with Crippen LogP contribution in [0.4, 0.5) is 0 Å². The third-order valence-corrected chi connectivity index (χ3v) is 3.53. The fraction of sp³-hybridized carbons (Fsp3) is 0.154. The number of carbonyl (C=O) groups excluding carboxylic acids is 1. The largest absolute Gasteiger partial charge is 0.507 e. The Morgan fingerprint density at radius 2 is 2.19 bits per heavy atom. The van der Waals surface area contributed by atoms with E-state index >= 15 is 0 Å². The molecule has 0 amide bonds. The van der Waals surface area contributed by atoms with Gasteiger partial charge in [-0.1, -0.05) is 6.92 Å². The average Bonchev–Trinajstić information content (AvgIpc) is 2.78. The first-order valence-corrected chi connectivity index (χ1v) is 5.98. The van der Waals surface area contributed by atoms with E-state index in [1.807, 2.05) is 6.07 Å². The van der Waals surface area contributed by atoms with Crippen molar-refractivity contribution in [2.75, 3.05) is 0 Å². The zero-order valence-electron chi connectivity index (χ0n) is 8.93. The molecule has 2 aromatic rings. The lowest BCUT2D eigenvalue weighted by molar-refractivity contribution is 0.112. The van der Waals surface area contributed by atoms with Gasteiger partial charge in [0.25, 0.3) is 0 Å². The maximum absolute atomic E-state index is 10.7. The van der Waals surface area contributed by atoms with Crippen molar-refractivity contribution >= 4 is 17.6 Å². The van der Waals surface area contributed by atoms with Crippen LogP contribution in [0.25, 0.3) is 10.4 Å². The molecule has 3 heteroatoms. The summed E-state index contributed by atoms with van der Waals surface area (Å²) in [6.45, 7) is 2.11. The summed E-state index contributed by atoms with van der Waals surface area (Å²) in [5.74, 6) is 0.0334. The molecular formula is C13H12O2S. The van der Waals surface area contributed by atoms with Gasteiger partial charge >= 0.3 is 0 Å². The van der Waals surface area contributed by atoms with Crippen molar-refractivity contribution in [1.29, 1.82) is 0 Å². The van der Waals surface area contributed by atoms with Gasteiger partial charge in [-0.15, -0.1) is 11.3 Å². The Labute approximate surface area is 98.2 Å². The van der Waals surface area contributed by atoms with Crippen LogP contribution in [0.2, 0.25) is 0 Å². The standard InChI is InChI=1S/C13H12O2S/c1-2-9-5-13(16-8-9)10-3-4-12(15)11(6-10)7-14/h3-8,15H,2H2,1H3. The molecule has 2 rings (SSSR count). The van der Waals surface area contributed by atoms with Gasteiger partial charge in [0.15, 0.2) is 6.29 Å². The van der Waals surface area contributed by atoms with Crippen molar-refractivity contribution in [3.8, 4) is 16.2 Å². The van der Waals surface area contributed by atoms with Crippen LogP contribution in [-0.4, -0.2) is 11.4 Å². The van der Waals surface area contributed by atoms with E-state index in [-0.39, 0.29) is 5.75 Å². The van der Waals surface area contributed by atoms with Crippen molar-refractivity contribution in [2.24, 2.45) is 0 Å². The molecule has 16 heavy (non-hydrogen) atoms. The molecule has 1 aromatic heterocycles. The first-order chi connectivity index (χ1) is 7.74. The van der Waals surface area contributed by atoms with Crippen molar-refractivity contribution < 1.29 is 9.90 Å². The quantitative estimate of drug-likeness (QED) is 0.822.